The highest BCUT2D eigenvalue weighted by molar-refractivity contribution is 6.31. The molecule has 0 amide bonds. The first kappa shape index (κ1) is 20.0. The zero-order valence-corrected chi connectivity index (χ0v) is 18.2. The molecular weight excluding hydrogens is 406 g/mol. The van der Waals surface area contributed by atoms with Crippen molar-refractivity contribution in [1.29, 1.82) is 0 Å². The fourth-order valence-electron chi connectivity index (χ4n) is 4.22. The van der Waals surface area contributed by atoms with Crippen LogP contribution in [-0.4, -0.2) is 32.9 Å². The van der Waals surface area contributed by atoms with E-state index in [0.29, 0.717) is 6.54 Å². The normalized spacial score (nSPS) is 14.7. The molecule has 6 heteroatoms. The van der Waals surface area contributed by atoms with Crippen LogP contribution in [0.4, 0.5) is 5.82 Å². The van der Waals surface area contributed by atoms with Crippen molar-refractivity contribution in [2.24, 2.45) is 0 Å². The lowest BCUT2D eigenvalue weighted by Gasteiger charge is -2.26. The second kappa shape index (κ2) is 9.08. The highest BCUT2D eigenvalue weighted by atomic mass is 35.5. The van der Waals surface area contributed by atoms with Gasteiger partial charge in [-0.15, -0.1) is 0 Å². The molecular formula is C25H26ClN5. The van der Waals surface area contributed by atoms with Crippen LogP contribution in [0.5, 0.6) is 0 Å². The average Bonchev–Trinajstić information content (AvgIpc) is 3.25. The third-order valence-corrected chi connectivity index (χ3v) is 6.32. The van der Waals surface area contributed by atoms with Gasteiger partial charge in [0.15, 0.2) is 0 Å². The van der Waals surface area contributed by atoms with Crippen molar-refractivity contribution in [3.63, 3.8) is 0 Å². The minimum absolute atomic E-state index is 0.609. The molecule has 0 radical (unpaired) electrons. The number of nitrogens with one attached hydrogen (secondary N) is 2. The number of likely N-dealkylation sites (tertiary alicyclic amines) is 1. The Labute approximate surface area is 187 Å². The summed E-state index contributed by atoms with van der Waals surface area (Å²) in [5.41, 5.74) is 5.42. The summed E-state index contributed by atoms with van der Waals surface area (Å²) in [6.45, 7) is 4.07. The number of hydrogen-bond acceptors (Lipinski definition) is 4. The van der Waals surface area contributed by atoms with E-state index in [4.69, 9.17) is 11.6 Å². The van der Waals surface area contributed by atoms with E-state index in [1.807, 2.05) is 24.3 Å². The lowest BCUT2D eigenvalue weighted by Crippen LogP contribution is -2.28. The molecule has 0 spiro atoms. The Morgan fingerprint density at radius 2 is 1.77 bits per heavy atom. The smallest absolute Gasteiger partial charge is 0.143 e. The van der Waals surface area contributed by atoms with Crippen LogP contribution >= 0.6 is 11.6 Å². The minimum atomic E-state index is 0.609. The number of aromatic nitrogens is 3. The molecule has 2 N–H and O–H groups in total. The van der Waals surface area contributed by atoms with Gasteiger partial charge in [-0.2, -0.15) is 0 Å². The maximum Gasteiger partial charge on any atom is 0.143 e. The molecule has 0 bridgehead atoms. The summed E-state index contributed by atoms with van der Waals surface area (Å²) < 4.78 is 0. The van der Waals surface area contributed by atoms with Gasteiger partial charge in [0, 0.05) is 23.8 Å². The zero-order valence-electron chi connectivity index (χ0n) is 17.4. The third-order valence-electron chi connectivity index (χ3n) is 5.95. The molecule has 1 saturated heterocycles. The standard InChI is InChI=1S/C25H26ClN5/c26-22-7-3-2-6-20(22)15-27-24-21-14-23(30-25(21)29-17-28-24)19-10-8-18(9-11-19)16-31-12-4-1-5-13-31/h2-3,6-11,14,17H,1,4-5,12-13,15-16H2,(H2,27,28,29,30). The Morgan fingerprint density at radius 1 is 0.968 bits per heavy atom. The van der Waals surface area contributed by atoms with Gasteiger partial charge in [0.1, 0.15) is 17.8 Å². The molecule has 1 aliphatic heterocycles. The van der Waals surface area contributed by atoms with Crippen molar-refractivity contribution in [1.82, 2.24) is 19.9 Å². The monoisotopic (exact) mass is 431 g/mol. The van der Waals surface area contributed by atoms with Crippen LogP contribution in [-0.2, 0) is 13.1 Å². The van der Waals surface area contributed by atoms with Gasteiger partial charge < -0.3 is 10.3 Å². The maximum absolute atomic E-state index is 6.29. The lowest BCUT2D eigenvalue weighted by molar-refractivity contribution is 0.221. The summed E-state index contributed by atoms with van der Waals surface area (Å²) in [6, 6.07) is 18.8. The molecule has 5 rings (SSSR count). The van der Waals surface area contributed by atoms with E-state index in [1.54, 1.807) is 6.33 Å². The van der Waals surface area contributed by atoms with Gasteiger partial charge in [-0.25, -0.2) is 9.97 Å². The van der Waals surface area contributed by atoms with Crippen LogP contribution in [0.3, 0.4) is 0 Å². The molecule has 1 aliphatic rings. The number of hydrogen-bond donors (Lipinski definition) is 2. The van der Waals surface area contributed by atoms with E-state index in [1.165, 1.54) is 37.9 Å². The lowest BCUT2D eigenvalue weighted by atomic mass is 10.1. The van der Waals surface area contributed by atoms with Gasteiger partial charge in [0.2, 0.25) is 0 Å². The fraction of sp³-hybridized carbons (Fsp3) is 0.280. The van der Waals surface area contributed by atoms with Crippen LogP contribution in [0.25, 0.3) is 22.3 Å². The van der Waals surface area contributed by atoms with Crippen LogP contribution in [0.2, 0.25) is 5.02 Å². The number of benzene rings is 2. The van der Waals surface area contributed by atoms with Crippen molar-refractivity contribution in [2.75, 3.05) is 18.4 Å². The van der Waals surface area contributed by atoms with Crippen molar-refractivity contribution in [2.45, 2.75) is 32.4 Å². The number of halogens is 1. The molecule has 0 unspecified atom stereocenters. The molecule has 2 aromatic carbocycles. The van der Waals surface area contributed by atoms with Gasteiger partial charge >= 0.3 is 0 Å². The van der Waals surface area contributed by atoms with E-state index in [9.17, 15) is 0 Å². The maximum atomic E-state index is 6.29. The van der Waals surface area contributed by atoms with Crippen LogP contribution in [0, 0.1) is 0 Å². The molecule has 0 aliphatic carbocycles. The van der Waals surface area contributed by atoms with E-state index in [2.05, 4.69) is 55.5 Å². The summed E-state index contributed by atoms with van der Waals surface area (Å²) in [7, 11) is 0. The Balaban J connectivity index is 1.33. The molecule has 4 aromatic rings. The summed E-state index contributed by atoms with van der Waals surface area (Å²) in [5.74, 6) is 0.800. The van der Waals surface area contributed by atoms with Crippen LogP contribution < -0.4 is 5.32 Å². The molecule has 1 fully saturated rings. The second-order valence-electron chi connectivity index (χ2n) is 8.15. The molecule has 3 heterocycles. The van der Waals surface area contributed by atoms with Crippen LogP contribution in [0.1, 0.15) is 30.4 Å². The summed E-state index contributed by atoms with van der Waals surface area (Å²) in [5, 5.41) is 5.13. The summed E-state index contributed by atoms with van der Waals surface area (Å²) in [4.78, 5) is 14.8. The number of fused-ring (bicyclic) bond motifs is 1. The molecule has 31 heavy (non-hydrogen) atoms. The van der Waals surface area contributed by atoms with Gasteiger partial charge in [0.25, 0.3) is 0 Å². The Hall–Kier alpha value is -2.89. The summed E-state index contributed by atoms with van der Waals surface area (Å²) >= 11 is 6.29. The Kier molecular flexibility index (Phi) is 5.87. The van der Waals surface area contributed by atoms with Gasteiger partial charge in [0.05, 0.1) is 5.39 Å². The van der Waals surface area contributed by atoms with Crippen molar-refractivity contribution < 1.29 is 0 Å². The molecule has 158 valence electrons. The minimum Gasteiger partial charge on any atom is -0.365 e. The van der Waals surface area contributed by atoms with E-state index >= 15 is 0 Å². The molecule has 0 saturated carbocycles. The topological polar surface area (TPSA) is 56.8 Å². The number of anilines is 1. The molecule has 2 aromatic heterocycles. The van der Waals surface area contributed by atoms with E-state index in [-0.39, 0.29) is 0 Å². The SMILES string of the molecule is Clc1ccccc1CNc1ncnc2[nH]c(-c3ccc(CN4CCCCC4)cc3)cc12. The number of aromatic amines is 1. The van der Waals surface area contributed by atoms with Crippen LogP contribution in [0.15, 0.2) is 60.9 Å². The zero-order chi connectivity index (χ0) is 21.0. The largest absolute Gasteiger partial charge is 0.365 e. The quantitative estimate of drug-likeness (QED) is 0.400. The summed E-state index contributed by atoms with van der Waals surface area (Å²) in [6.07, 6.45) is 5.59. The predicted octanol–water partition coefficient (Wildman–Crippen LogP) is 5.88. The van der Waals surface area contributed by atoms with Crippen molar-refractivity contribution in [3.8, 4) is 11.3 Å². The number of nitrogens with zero attached hydrogens (tertiary/aromatic N) is 3. The highest BCUT2D eigenvalue weighted by Gasteiger charge is 2.12. The first-order valence-electron chi connectivity index (χ1n) is 10.9. The Morgan fingerprint density at radius 3 is 2.58 bits per heavy atom. The van der Waals surface area contributed by atoms with Gasteiger partial charge in [-0.1, -0.05) is 60.5 Å². The third kappa shape index (κ3) is 4.58. The first-order chi connectivity index (χ1) is 15.3. The van der Waals surface area contributed by atoms with E-state index in [0.717, 1.165) is 45.2 Å². The predicted molar refractivity (Wildman–Crippen MR) is 127 cm³/mol. The molecule has 5 nitrogen and oxygen atoms in total. The molecule has 0 atom stereocenters. The highest BCUT2D eigenvalue weighted by Crippen LogP contribution is 2.28. The van der Waals surface area contributed by atoms with Crippen molar-refractivity contribution in [3.05, 3.63) is 77.1 Å². The first-order valence-corrected chi connectivity index (χ1v) is 11.3. The van der Waals surface area contributed by atoms with Gasteiger partial charge in [-0.3, -0.25) is 4.90 Å². The average molecular weight is 432 g/mol. The second-order valence-corrected chi connectivity index (χ2v) is 8.55. The van der Waals surface area contributed by atoms with Gasteiger partial charge in [-0.05, 0) is 54.8 Å². The Bertz CT molecular complexity index is 1160. The fourth-order valence-corrected chi connectivity index (χ4v) is 4.42. The number of piperidine rings is 1. The van der Waals surface area contributed by atoms with E-state index < -0.39 is 0 Å². The van der Waals surface area contributed by atoms with Crippen molar-refractivity contribution >= 4 is 28.5 Å². The number of rotatable bonds is 6. The number of H-pyrrole nitrogens is 1.